The van der Waals surface area contributed by atoms with E-state index in [0.29, 0.717) is 17.4 Å². The Kier molecular flexibility index (Phi) is 4.46. The van der Waals surface area contributed by atoms with Crippen molar-refractivity contribution in [2.75, 3.05) is 5.01 Å². The lowest BCUT2D eigenvalue weighted by Gasteiger charge is -2.21. The molecule has 23 heavy (non-hydrogen) atoms. The Morgan fingerprint density at radius 1 is 1.48 bits per heavy atom. The van der Waals surface area contributed by atoms with E-state index in [-0.39, 0.29) is 12.4 Å². The molecule has 1 heterocycles. The standard InChI is InChI=1S/C15H17FN4O2S/c16-10-6-11(23-8-10)7-22-14-12(9-4-5-9)2-1-3-13(14)20(18)15(21)19-17/h1-3,6,8-9H,4-5,7,17-18H2,(H,19,21). The highest BCUT2D eigenvalue weighted by atomic mass is 32.1. The zero-order valence-electron chi connectivity index (χ0n) is 12.3. The van der Waals surface area contributed by atoms with Crippen molar-refractivity contribution in [3.63, 3.8) is 0 Å². The van der Waals surface area contributed by atoms with Crippen molar-refractivity contribution in [2.45, 2.75) is 25.4 Å². The molecule has 1 saturated carbocycles. The van der Waals surface area contributed by atoms with Crippen molar-refractivity contribution in [1.82, 2.24) is 5.43 Å². The molecule has 0 aliphatic heterocycles. The summed E-state index contributed by atoms with van der Waals surface area (Å²) in [7, 11) is 0. The molecule has 1 aromatic heterocycles. The molecule has 1 aliphatic carbocycles. The van der Waals surface area contributed by atoms with Crippen LogP contribution in [0.2, 0.25) is 0 Å². The molecular formula is C15H17FN4O2S. The maximum atomic E-state index is 13.1. The largest absolute Gasteiger partial charge is 0.486 e. The van der Waals surface area contributed by atoms with Gasteiger partial charge in [-0.2, -0.15) is 0 Å². The van der Waals surface area contributed by atoms with Crippen molar-refractivity contribution in [2.24, 2.45) is 11.7 Å². The van der Waals surface area contributed by atoms with Gasteiger partial charge in [-0.05, 0) is 36.5 Å². The van der Waals surface area contributed by atoms with Gasteiger partial charge in [-0.15, -0.1) is 11.3 Å². The fraction of sp³-hybridized carbons (Fsp3) is 0.267. The van der Waals surface area contributed by atoms with Crippen molar-refractivity contribution in [1.29, 1.82) is 0 Å². The number of carbonyl (C=O) groups is 1. The minimum absolute atomic E-state index is 0.212. The first kappa shape index (κ1) is 15.7. The number of nitrogens with zero attached hydrogens (tertiary/aromatic N) is 1. The first-order valence-electron chi connectivity index (χ1n) is 7.14. The highest BCUT2D eigenvalue weighted by molar-refractivity contribution is 7.09. The van der Waals surface area contributed by atoms with E-state index in [1.807, 2.05) is 17.6 Å². The summed E-state index contributed by atoms with van der Waals surface area (Å²) in [6, 6.07) is 6.25. The van der Waals surface area contributed by atoms with Gasteiger partial charge >= 0.3 is 6.03 Å². The Hall–Kier alpha value is -2.16. The maximum Gasteiger partial charge on any atom is 0.350 e. The molecular weight excluding hydrogens is 319 g/mol. The van der Waals surface area contributed by atoms with E-state index in [1.165, 1.54) is 22.8 Å². The van der Waals surface area contributed by atoms with Gasteiger partial charge in [0.2, 0.25) is 0 Å². The van der Waals surface area contributed by atoms with Crippen LogP contribution in [0.25, 0.3) is 0 Å². The number of ether oxygens (including phenoxy) is 1. The van der Waals surface area contributed by atoms with Gasteiger partial charge in [0.05, 0.1) is 0 Å². The fourth-order valence-electron chi connectivity index (χ4n) is 2.36. The number of urea groups is 1. The minimum atomic E-state index is -0.648. The van der Waals surface area contributed by atoms with Gasteiger partial charge in [-0.25, -0.2) is 25.9 Å². The van der Waals surface area contributed by atoms with Crippen LogP contribution in [0.1, 0.15) is 29.2 Å². The Morgan fingerprint density at radius 2 is 2.26 bits per heavy atom. The van der Waals surface area contributed by atoms with Crippen LogP contribution in [-0.4, -0.2) is 6.03 Å². The van der Waals surface area contributed by atoms with Crippen LogP contribution in [0.15, 0.2) is 29.6 Å². The number of benzene rings is 1. The smallest absolute Gasteiger partial charge is 0.350 e. The predicted octanol–water partition coefficient (Wildman–Crippen LogP) is 2.61. The minimum Gasteiger partial charge on any atom is -0.486 e. The fourth-order valence-corrected chi connectivity index (χ4v) is 3.00. The quantitative estimate of drug-likeness (QED) is 0.444. The molecule has 0 radical (unpaired) electrons. The lowest BCUT2D eigenvalue weighted by atomic mass is 10.1. The van der Waals surface area contributed by atoms with E-state index in [0.717, 1.165) is 28.3 Å². The van der Waals surface area contributed by atoms with Crippen LogP contribution >= 0.6 is 11.3 Å². The van der Waals surface area contributed by atoms with Gasteiger partial charge in [-0.1, -0.05) is 12.1 Å². The molecule has 5 N–H and O–H groups in total. The van der Waals surface area contributed by atoms with Gasteiger partial charge in [0.1, 0.15) is 23.9 Å². The molecule has 0 unspecified atom stereocenters. The number of halogens is 1. The number of nitrogens with two attached hydrogens (primary N) is 2. The third-order valence-corrected chi connectivity index (χ3v) is 4.51. The second kappa shape index (κ2) is 6.53. The molecule has 0 saturated heterocycles. The summed E-state index contributed by atoms with van der Waals surface area (Å²) in [6.45, 7) is 0.212. The highest BCUT2D eigenvalue weighted by Gasteiger charge is 2.29. The molecule has 2 aromatic rings. The summed E-state index contributed by atoms with van der Waals surface area (Å²) in [5.41, 5.74) is 3.42. The van der Waals surface area contributed by atoms with E-state index in [9.17, 15) is 9.18 Å². The Balaban J connectivity index is 1.89. The molecule has 2 amide bonds. The average Bonchev–Trinajstić information content (AvgIpc) is 3.33. The van der Waals surface area contributed by atoms with Crippen LogP contribution in [-0.2, 0) is 6.61 Å². The van der Waals surface area contributed by atoms with Crippen molar-refractivity contribution >= 4 is 23.1 Å². The number of nitrogens with one attached hydrogen (secondary N) is 1. The normalized spacial score (nSPS) is 13.7. The van der Waals surface area contributed by atoms with Gasteiger partial charge in [0.25, 0.3) is 0 Å². The zero-order valence-corrected chi connectivity index (χ0v) is 13.1. The van der Waals surface area contributed by atoms with Crippen molar-refractivity contribution in [3.05, 3.63) is 45.9 Å². The molecule has 122 valence electrons. The summed E-state index contributed by atoms with van der Waals surface area (Å²) in [6.07, 6.45) is 2.14. The van der Waals surface area contributed by atoms with E-state index >= 15 is 0 Å². The zero-order chi connectivity index (χ0) is 16.4. The van der Waals surface area contributed by atoms with Crippen molar-refractivity contribution in [3.8, 4) is 5.75 Å². The van der Waals surface area contributed by atoms with E-state index in [4.69, 9.17) is 16.4 Å². The molecule has 0 spiro atoms. The molecule has 0 bridgehead atoms. The predicted molar refractivity (Wildman–Crippen MR) is 86.4 cm³/mol. The van der Waals surface area contributed by atoms with Crippen molar-refractivity contribution < 1.29 is 13.9 Å². The number of thiophene rings is 1. The van der Waals surface area contributed by atoms with E-state index < -0.39 is 6.03 Å². The second-order valence-electron chi connectivity index (χ2n) is 5.31. The number of para-hydroxylation sites is 1. The molecule has 0 atom stereocenters. The van der Waals surface area contributed by atoms with Crippen LogP contribution in [0.3, 0.4) is 0 Å². The number of hydrazine groups is 2. The summed E-state index contributed by atoms with van der Waals surface area (Å²) in [5.74, 6) is 11.6. The lowest BCUT2D eigenvalue weighted by molar-refractivity contribution is 0.246. The van der Waals surface area contributed by atoms with Crippen LogP contribution < -0.4 is 26.9 Å². The summed E-state index contributed by atoms with van der Waals surface area (Å²) in [4.78, 5) is 12.5. The molecule has 8 heteroatoms. The average molecular weight is 336 g/mol. The number of anilines is 1. The monoisotopic (exact) mass is 336 g/mol. The number of carbonyl (C=O) groups excluding carboxylic acids is 1. The number of hydrogen-bond acceptors (Lipinski definition) is 5. The summed E-state index contributed by atoms with van der Waals surface area (Å²) in [5, 5.41) is 2.33. The van der Waals surface area contributed by atoms with Gasteiger partial charge in [0.15, 0.2) is 0 Å². The molecule has 1 aliphatic rings. The van der Waals surface area contributed by atoms with Crippen LogP contribution in [0.5, 0.6) is 5.75 Å². The second-order valence-corrected chi connectivity index (χ2v) is 6.30. The molecule has 1 fully saturated rings. The van der Waals surface area contributed by atoms with E-state index in [2.05, 4.69) is 0 Å². The highest BCUT2D eigenvalue weighted by Crippen LogP contribution is 2.47. The topological polar surface area (TPSA) is 93.6 Å². The Bertz CT molecular complexity index is 717. The first-order chi connectivity index (χ1) is 11.1. The third-order valence-electron chi connectivity index (χ3n) is 3.62. The van der Waals surface area contributed by atoms with Gasteiger partial charge < -0.3 is 4.74 Å². The summed E-state index contributed by atoms with van der Waals surface area (Å²) < 4.78 is 19.0. The maximum absolute atomic E-state index is 13.1. The number of hydrogen-bond donors (Lipinski definition) is 3. The van der Waals surface area contributed by atoms with Gasteiger partial charge in [0, 0.05) is 10.3 Å². The first-order valence-corrected chi connectivity index (χ1v) is 8.02. The Labute approximate surface area is 136 Å². The summed E-state index contributed by atoms with van der Waals surface area (Å²) >= 11 is 1.28. The molecule has 6 nitrogen and oxygen atoms in total. The Morgan fingerprint density at radius 3 is 2.87 bits per heavy atom. The van der Waals surface area contributed by atoms with E-state index in [1.54, 1.807) is 6.07 Å². The van der Waals surface area contributed by atoms with Crippen LogP contribution in [0, 0.1) is 5.82 Å². The number of amides is 2. The third kappa shape index (κ3) is 3.44. The SMILES string of the molecule is NNC(=O)N(N)c1cccc(C2CC2)c1OCc1cc(F)cs1. The number of rotatable bonds is 5. The molecule has 3 rings (SSSR count). The lowest BCUT2D eigenvalue weighted by Crippen LogP contribution is -2.47. The molecule has 1 aromatic carbocycles. The van der Waals surface area contributed by atoms with Gasteiger partial charge in [-0.3, -0.25) is 5.43 Å². The van der Waals surface area contributed by atoms with Crippen LogP contribution in [0.4, 0.5) is 14.9 Å².